The van der Waals surface area contributed by atoms with Crippen LogP contribution < -0.4 is 10.2 Å². The molecule has 4 nitrogen and oxygen atoms in total. The van der Waals surface area contributed by atoms with Gasteiger partial charge in [-0.05, 0) is 31.0 Å². The summed E-state index contributed by atoms with van der Waals surface area (Å²) in [5, 5.41) is 11.7. The molecule has 1 aromatic carbocycles. The van der Waals surface area contributed by atoms with Gasteiger partial charge in [0.2, 0.25) is 0 Å². The Labute approximate surface area is 94.5 Å². The molecule has 0 heterocycles. The summed E-state index contributed by atoms with van der Waals surface area (Å²) < 4.78 is 0. The highest BCUT2D eigenvalue weighted by atomic mass is 16.2. The van der Waals surface area contributed by atoms with Crippen LogP contribution in [0, 0.1) is 11.3 Å². The maximum Gasteiger partial charge on any atom is 0.321 e. The van der Waals surface area contributed by atoms with Crippen LogP contribution in [0.2, 0.25) is 0 Å². The van der Waals surface area contributed by atoms with Crippen molar-refractivity contribution >= 4 is 11.7 Å². The summed E-state index contributed by atoms with van der Waals surface area (Å²) in [7, 11) is 1.70. The molecule has 0 unspecified atom stereocenters. The van der Waals surface area contributed by atoms with Crippen LogP contribution >= 0.6 is 0 Å². The predicted octanol–water partition coefficient (Wildman–Crippen LogP) is 1.87. The number of carbonyl (C=O) groups excluding carboxylic acids is 1. The lowest BCUT2D eigenvalue weighted by atomic mass is 10.2. The summed E-state index contributed by atoms with van der Waals surface area (Å²) in [6.07, 6.45) is 2.13. The fraction of sp³-hybridized carbons (Fsp3) is 0.333. The van der Waals surface area contributed by atoms with E-state index >= 15 is 0 Å². The summed E-state index contributed by atoms with van der Waals surface area (Å²) in [6.45, 7) is 0. The lowest BCUT2D eigenvalue weighted by Gasteiger charge is -2.17. The van der Waals surface area contributed by atoms with E-state index in [0.29, 0.717) is 11.6 Å². The van der Waals surface area contributed by atoms with Crippen LogP contribution in [0.3, 0.4) is 0 Å². The van der Waals surface area contributed by atoms with Gasteiger partial charge >= 0.3 is 6.03 Å². The molecule has 4 heteroatoms. The number of carbonyl (C=O) groups is 1. The number of amides is 2. The van der Waals surface area contributed by atoms with Crippen LogP contribution in [0.1, 0.15) is 18.4 Å². The van der Waals surface area contributed by atoms with Gasteiger partial charge in [-0.3, -0.25) is 4.90 Å². The minimum atomic E-state index is -0.113. The molecule has 0 aliphatic heterocycles. The number of hydrogen-bond donors (Lipinski definition) is 1. The number of nitriles is 1. The quantitative estimate of drug-likeness (QED) is 0.818. The molecule has 0 aromatic heterocycles. The second kappa shape index (κ2) is 4.23. The summed E-state index contributed by atoms with van der Waals surface area (Å²) >= 11 is 0. The highest BCUT2D eigenvalue weighted by Crippen LogP contribution is 2.20. The van der Waals surface area contributed by atoms with Gasteiger partial charge in [-0.15, -0.1) is 0 Å². The largest absolute Gasteiger partial charge is 0.335 e. The van der Waals surface area contributed by atoms with E-state index in [1.165, 1.54) is 4.90 Å². The highest BCUT2D eigenvalue weighted by molar-refractivity contribution is 5.91. The SMILES string of the molecule is CN(C(=O)NC1CC1)c1cccc(C#N)c1. The molecule has 1 fully saturated rings. The third kappa shape index (κ3) is 2.31. The Bertz CT molecular complexity index is 446. The van der Waals surface area contributed by atoms with Gasteiger partial charge in [-0.1, -0.05) is 6.07 Å². The van der Waals surface area contributed by atoms with E-state index in [4.69, 9.17) is 5.26 Å². The molecule has 16 heavy (non-hydrogen) atoms. The van der Waals surface area contributed by atoms with Crippen LogP contribution in [0.5, 0.6) is 0 Å². The van der Waals surface area contributed by atoms with Crippen molar-refractivity contribution in [2.45, 2.75) is 18.9 Å². The van der Waals surface area contributed by atoms with Gasteiger partial charge in [0.1, 0.15) is 0 Å². The first kappa shape index (κ1) is 10.5. The van der Waals surface area contributed by atoms with E-state index in [1.54, 1.807) is 25.2 Å². The topological polar surface area (TPSA) is 56.1 Å². The lowest BCUT2D eigenvalue weighted by molar-refractivity contribution is 0.247. The second-order valence-electron chi connectivity index (χ2n) is 3.94. The molecule has 0 saturated heterocycles. The average molecular weight is 215 g/mol. The Morgan fingerprint density at radius 1 is 1.56 bits per heavy atom. The van der Waals surface area contributed by atoms with Crippen molar-refractivity contribution in [1.29, 1.82) is 5.26 Å². The molecule has 1 N–H and O–H groups in total. The first-order valence-electron chi connectivity index (χ1n) is 5.25. The maximum absolute atomic E-state index is 11.7. The van der Waals surface area contributed by atoms with Gasteiger partial charge < -0.3 is 5.32 Å². The molecule has 82 valence electrons. The summed E-state index contributed by atoms with van der Waals surface area (Å²) in [5.74, 6) is 0. The molecule has 0 spiro atoms. The average Bonchev–Trinajstić information content (AvgIpc) is 3.12. The zero-order valence-electron chi connectivity index (χ0n) is 9.10. The van der Waals surface area contributed by atoms with Crippen molar-refractivity contribution in [3.63, 3.8) is 0 Å². The predicted molar refractivity (Wildman–Crippen MR) is 61.1 cm³/mol. The summed E-state index contributed by atoms with van der Waals surface area (Å²) in [5.41, 5.74) is 1.29. The van der Waals surface area contributed by atoms with Crippen LogP contribution in [0.4, 0.5) is 10.5 Å². The Hall–Kier alpha value is -2.02. The number of nitrogens with one attached hydrogen (secondary N) is 1. The first-order valence-corrected chi connectivity index (χ1v) is 5.25. The minimum Gasteiger partial charge on any atom is -0.335 e. The minimum absolute atomic E-state index is 0.113. The smallest absolute Gasteiger partial charge is 0.321 e. The van der Waals surface area contributed by atoms with Gasteiger partial charge in [0.05, 0.1) is 11.6 Å². The molecule has 0 atom stereocenters. The Morgan fingerprint density at radius 2 is 2.31 bits per heavy atom. The van der Waals surface area contributed by atoms with E-state index < -0.39 is 0 Å². The fourth-order valence-corrected chi connectivity index (χ4v) is 1.40. The number of urea groups is 1. The van der Waals surface area contributed by atoms with Crippen LogP contribution in [0.25, 0.3) is 0 Å². The summed E-state index contributed by atoms with van der Waals surface area (Å²) in [6, 6.07) is 9.29. The van der Waals surface area contributed by atoms with Gasteiger partial charge in [-0.2, -0.15) is 5.26 Å². The third-order valence-corrected chi connectivity index (χ3v) is 2.57. The molecule has 1 aromatic rings. The number of anilines is 1. The Balaban J connectivity index is 2.09. The molecule has 1 aliphatic carbocycles. The number of rotatable bonds is 2. The van der Waals surface area contributed by atoms with Gasteiger partial charge in [-0.25, -0.2) is 4.79 Å². The fourth-order valence-electron chi connectivity index (χ4n) is 1.40. The molecule has 2 rings (SSSR count). The highest BCUT2D eigenvalue weighted by Gasteiger charge is 2.25. The number of nitrogens with zero attached hydrogens (tertiary/aromatic N) is 2. The molecule has 0 radical (unpaired) electrons. The molecule has 1 saturated carbocycles. The third-order valence-electron chi connectivity index (χ3n) is 2.57. The zero-order valence-corrected chi connectivity index (χ0v) is 9.10. The summed E-state index contributed by atoms with van der Waals surface area (Å²) in [4.78, 5) is 13.3. The van der Waals surface area contributed by atoms with Gasteiger partial charge in [0, 0.05) is 18.8 Å². The molecule has 0 bridgehead atoms. The van der Waals surface area contributed by atoms with Crippen LogP contribution in [-0.4, -0.2) is 19.1 Å². The lowest BCUT2D eigenvalue weighted by Crippen LogP contribution is -2.38. The van der Waals surface area contributed by atoms with Gasteiger partial charge in [0.25, 0.3) is 0 Å². The molecule has 2 amide bonds. The van der Waals surface area contributed by atoms with Crippen molar-refractivity contribution in [3.8, 4) is 6.07 Å². The normalized spacial score (nSPS) is 14.0. The Morgan fingerprint density at radius 3 is 2.94 bits per heavy atom. The van der Waals surface area contributed by atoms with Crippen LogP contribution in [0.15, 0.2) is 24.3 Å². The standard InChI is InChI=1S/C12H13N3O/c1-15(12(16)14-10-5-6-10)11-4-2-3-9(7-11)8-13/h2-4,7,10H,5-6H2,1H3,(H,14,16). The second-order valence-corrected chi connectivity index (χ2v) is 3.94. The first-order chi connectivity index (χ1) is 7.70. The molecular weight excluding hydrogens is 202 g/mol. The number of hydrogen-bond acceptors (Lipinski definition) is 2. The zero-order chi connectivity index (χ0) is 11.5. The number of benzene rings is 1. The van der Waals surface area contributed by atoms with Gasteiger partial charge in [0.15, 0.2) is 0 Å². The van der Waals surface area contributed by atoms with Crippen molar-refractivity contribution in [1.82, 2.24) is 5.32 Å². The van der Waals surface area contributed by atoms with Crippen molar-refractivity contribution in [3.05, 3.63) is 29.8 Å². The van der Waals surface area contributed by atoms with E-state index in [2.05, 4.69) is 11.4 Å². The van der Waals surface area contributed by atoms with Crippen molar-refractivity contribution in [2.75, 3.05) is 11.9 Å². The maximum atomic E-state index is 11.7. The van der Waals surface area contributed by atoms with Crippen LogP contribution in [-0.2, 0) is 0 Å². The molecular formula is C12H13N3O. The van der Waals surface area contributed by atoms with E-state index in [1.807, 2.05) is 6.07 Å². The van der Waals surface area contributed by atoms with Crippen molar-refractivity contribution in [2.24, 2.45) is 0 Å². The van der Waals surface area contributed by atoms with E-state index in [-0.39, 0.29) is 6.03 Å². The van der Waals surface area contributed by atoms with Crippen molar-refractivity contribution < 1.29 is 4.79 Å². The Kier molecular flexibility index (Phi) is 2.78. The van der Waals surface area contributed by atoms with E-state index in [9.17, 15) is 4.79 Å². The monoisotopic (exact) mass is 215 g/mol. The van der Waals surface area contributed by atoms with E-state index in [0.717, 1.165) is 18.5 Å². The molecule has 1 aliphatic rings.